The summed E-state index contributed by atoms with van der Waals surface area (Å²) in [5.41, 5.74) is 4.47. The zero-order valence-corrected chi connectivity index (χ0v) is 12.8. The fourth-order valence-corrected chi connectivity index (χ4v) is 1.43. The molecule has 0 rings (SSSR count). The Morgan fingerprint density at radius 3 is 2.15 bits per heavy atom. The number of likely N-dealkylation sites (N-methyl/N-ethyl adjacent to an activating group) is 1. The number of nitrogens with one attached hydrogen (secondary N) is 1. The molecule has 0 aromatic heterocycles. The Kier molecular flexibility index (Phi) is 12.8. The number of carbonyl (C=O) groups is 3. The van der Waals surface area contributed by atoms with Crippen LogP contribution in [0.25, 0.3) is 0 Å². The monoisotopic (exact) mass is 294 g/mol. The van der Waals surface area contributed by atoms with Crippen LogP contribution in [0.5, 0.6) is 0 Å². The normalized spacial score (nSPS) is 11.2. The summed E-state index contributed by atoms with van der Waals surface area (Å²) in [6.45, 7) is 3.58. The smallest absolute Gasteiger partial charge is 0.305 e. The molecule has 0 bridgehead atoms. The molecule has 7 heteroatoms. The summed E-state index contributed by atoms with van der Waals surface area (Å²) in [7, 11) is 3.72. The average molecular weight is 294 g/mol. The van der Waals surface area contributed by atoms with Crippen molar-refractivity contribution in [3.8, 4) is 0 Å². The lowest BCUT2D eigenvalue weighted by molar-refractivity contribution is -0.137. The van der Waals surface area contributed by atoms with Gasteiger partial charge in [-0.15, -0.1) is 0 Å². The van der Waals surface area contributed by atoms with E-state index in [9.17, 15) is 14.4 Å². The molecule has 0 radical (unpaired) electrons. The first-order valence-electron chi connectivity index (χ1n) is 6.64. The summed E-state index contributed by atoms with van der Waals surface area (Å²) in [5.74, 6) is -1.31. The summed E-state index contributed by atoms with van der Waals surface area (Å²) < 4.78 is 0. The van der Waals surface area contributed by atoms with Crippen LogP contribution in [0.4, 0.5) is 0 Å². The molecular weight excluding hydrogens is 267 g/mol. The zero-order valence-electron chi connectivity index (χ0n) is 12.8. The predicted octanol–water partition coefficient (Wildman–Crippen LogP) is 0.189. The number of aliphatic carboxylic acids is 1. The van der Waals surface area contributed by atoms with Crippen molar-refractivity contribution in [2.75, 3.05) is 20.6 Å². The number of amides is 2. The molecule has 4 N–H and O–H groups in total. The first-order valence-corrected chi connectivity index (χ1v) is 6.64. The summed E-state index contributed by atoms with van der Waals surface area (Å²) in [4.78, 5) is 33.1. The third kappa shape index (κ3) is 14.4. The first kappa shape index (κ1) is 20.7. The van der Waals surface area contributed by atoms with Gasteiger partial charge in [0.2, 0.25) is 11.8 Å². The fourth-order valence-electron chi connectivity index (χ4n) is 1.43. The van der Waals surface area contributed by atoms with Crippen LogP contribution >= 0.6 is 0 Å². The Labute approximate surface area is 120 Å². The second-order valence-electron chi connectivity index (χ2n) is 4.67. The second-order valence-corrected chi connectivity index (χ2v) is 4.67. The summed E-state index contributed by atoms with van der Waals surface area (Å²) >= 11 is 0. The first-order chi connectivity index (χ1) is 9.22. The number of nitrogens with zero attached hydrogens (tertiary/aromatic N) is 1. The van der Waals surface area contributed by atoms with Crippen molar-refractivity contribution in [3.05, 3.63) is 0 Å². The number of hydrogen-bond donors (Lipinski definition) is 3. The Morgan fingerprint density at radius 1 is 1.30 bits per heavy atom. The summed E-state index contributed by atoms with van der Waals surface area (Å²) in [5, 5.41) is 11.1. The largest absolute Gasteiger partial charge is 0.481 e. The van der Waals surface area contributed by atoms with Crippen LogP contribution in [0.1, 0.15) is 39.5 Å². The van der Waals surface area contributed by atoms with Gasteiger partial charge in [0.15, 0.2) is 0 Å². The van der Waals surface area contributed by atoms with Crippen molar-refractivity contribution >= 4 is 17.8 Å². The Morgan fingerprint density at radius 2 is 1.80 bits per heavy atom. The van der Waals surface area contributed by atoms with E-state index < -0.39 is 5.97 Å². The molecule has 0 aromatic rings. The Balaban J connectivity index is 0. The molecule has 2 amide bonds. The average Bonchev–Trinajstić information content (AvgIpc) is 2.27. The van der Waals surface area contributed by atoms with E-state index in [0.29, 0.717) is 0 Å². The maximum absolute atomic E-state index is 11.7. The van der Waals surface area contributed by atoms with Crippen molar-refractivity contribution in [1.82, 2.24) is 10.2 Å². The van der Waals surface area contributed by atoms with Gasteiger partial charge in [0.1, 0.15) is 0 Å². The van der Waals surface area contributed by atoms with Gasteiger partial charge in [0.05, 0.1) is 12.5 Å². The minimum atomic E-state index is -0.893. The lowest BCUT2D eigenvalue weighted by atomic mass is 10.2. The van der Waals surface area contributed by atoms with E-state index in [4.69, 9.17) is 5.11 Å². The molecule has 0 spiro atoms. The van der Waals surface area contributed by atoms with Crippen LogP contribution in [-0.4, -0.2) is 54.5 Å². The summed E-state index contributed by atoms with van der Waals surface area (Å²) in [6.07, 6.45) is 2.82. The van der Waals surface area contributed by atoms with Crippen molar-refractivity contribution in [3.63, 3.8) is 0 Å². The standard InChI is InChI=1S/C11H22N2O3.C2H5NO/c1-4-5-6-9(13(2)3)11(16)12-8-7-10(14)15;1-2(3)4/h9H,4-8H2,1-3H3,(H,12,16)(H,14,15);1H3,(H2,3,4)/i1+1,4+1,8+1,11+1;3+1. The molecule has 0 aliphatic heterocycles. The van der Waals surface area contributed by atoms with Crippen molar-refractivity contribution in [2.24, 2.45) is 5.73 Å². The minimum Gasteiger partial charge on any atom is -0.481 e. The van der Waals surface area contributed by atoms with Crippen molar-refractivity contribution in [1.29, 1.82) is 0 Å². The maximum atomic E-state index is 11.7. The van der Waals surface area contributed by atoms with Crippen LogP contribution < -0.4 is 11.1 Å². The number of unbranched alkanes of at least 4 members (excludes halogenated alkanes) is 1. The molecule has 7 nitrogen and oxygen atoms in total. The number of carbonyl (C=O) groups excluding carboxylic acids is 2. The van der Waals surface area contributed by atoms with Gasteiger partial charge in [-0.2, -0.15) is 0 Å². The van der Waals surface area contributed by atoms with Crippen molar-refractivity contribution in [2.45, 2.75) is 45.6 Å². The highest BCUT2D eigenvalue weighted by atomic mass is 16.4. The minimum absolute atomic E-state index is 0.0281. The molecular formula is C13H27N3O4. The molecule has 0 fully saturated rings. The van der Waals surface area contributed by atoms with Gasteiger partial charge in [-0.1, -0.05) is 19.8 Å². The van der Waals surface area contributed by atoms with Gasteiger partial charge in [0.25, 0.3) is 0 Å². The molecule has 0 saturated carbocycles. The van der Waals surface area contributed by atoms with Crippen LogP contribution in [-0.2, 0) is 14.4 Å². The number of carboxylic acids is 1. The van der Waals surface area contributed by atoms with E-state index in [2.05, 4.69) is 18.0 Å². The molecule has 0 aliphatic rings. The van der Waals surface area contributed by atoms with E-state index in [1.54, 1.807) is 0 Å². The summed E-state index contributed by atoms with van der Waals surface area (Å²) in [6, 6.07) is -0.159. The maximum Gasteiger partial charge on any atom is 0.305 e. The van der Waals surface area contributed by atoms with Gasteiger partial charge < -0.3 is 16.2 Å². The molecule has 0 aliphatic carbocycles. The van der Waals surface area contributed by atoms with Gasteiger partial charge >= 0.3 is 5.97 Å². The number of carboxylic acid groups (broad SMARTS) is 1. The molecule has 20 heavy (non-hydrogen) atoms. The van der Waals surface area contributed by atoms with Gasteiger partial charge in [-0.3, -0.25) is 19.3 Å². The molecule has 0 saturated heterocycles. The quantitative estimate of drug-likeness (QED) is 0.437. The van der Waals surface area contributed by atoms with Gasteiger partial charge in [-0.05, 0) is 20.5 Å². The van der Waals surface area contributed by atoms with Gasteiger partial charge in [0, 0.05) is 13.5 Å². The SMILES string of the molecule is CC([15NH2])=O.CN(C)C(CC[13CH2][13CH3])[13C](=O)N[13CH2]CC(=O)O. The third-order valence-electron chi connectivity index (χ3n) is 2.40. The Bertz CT molecular complexity index is 302. The number of primary amides is 1. The molecule has 0 heterocycles. The van der Waals surface area contributed by atoms with Crippen molar-refractivity contribution < 1.29 is 19.5 Å². The number of hydrogen-bond acceptors (Lipinski definition) is 4. The molecule has 1 unspecified atom stereocenters. The highest BCUT2D eigenvalue weighted by molar-refractivity contribution is 5.82. The van der Waals surface area contributed by atoms with E-state index in [1.165, 1.54) is 6.92 Å². The second kappa shape index (κ2) is 12.4. The van der Waals surface area contributed by atoms with E-state index in [-0.39, 0.29) is 30.8 Å². The highest BCUT2D eigenvalue weighted by Crippen LogP contribution is 2.05. The lowest BCUT2D eigenvalue weighted by Crippen LogP contribution is -2.44. The van der Waals surface area contributed by atoms with Crippen LogP contribution in [0.2, 0.25) is 0 Å². The fraction of sp³-hybridized carbons (Fsp3) is 0.769. The number of rotatable bonds is 8. The van der Waals surface area contributed by atoms with E-state index in [1.807, 2.05) is 19.0 Å². The number of nitrogens with two attached hydrogens (primary N) is 1. The van der Waals surface area contributed by atoms with Gasteiger partial charge in [-0.25, -0.2) is 0 Å². The lowest BCUT2D eigenvalue weighted by Gasteiger charge is -2.23. The third-order valence-corrected chi connectivity index (χ3v) is 2.40. The predicted molar refractivity (Wildman–Crippen MR) is 77.1 cm³/mol. The molecule has 1 atom stereocenters. The van der Waals surface area contributed by atoms with E-state index >= 15 is 0 Å². The van der Waals surface area contributed by atoms with Crippen LogP contribution in [0.3, 0.4) is 0 Å². The highest BCUT2D eigenvalue weighted by Gasteiger charge is 2.19. The zero-order chi connectivity index (χ0) is 16.1. The molecule has 0 aromatic carbocycles. The topological polar surface area (TPSA) is 113 Å². The van der Waals surface area contributed by atoms with Crippen LogP contribution in [0.15, 0.2) is 0 Å². The van der Waals surface area contributed by atoms with Crippen LogP contribution in [0, 0.1) is 0 Å². The Hall–Kier alpha value is -1.63. The van der Waals surface area contributed by atoms with E-state index in [0.717, 1.165) is 19.3 Å². The molecule has 118 valence electrons.